The van der Waals surface area contributed by atoms with Gasteiger partial charge in [-0.25, -0.2) is 8.78 Å². The van der Waals surface area contributed by atoms with E-state index in [1.807, 2.05) is 13.8 Å². The van der Waals surface area contributed by atoms with Crippen LogP contribution in [0.25, 0.3) is 0 Å². The van der Waals surface area contributed by atoms with Gasteiger partial charge in [-0.1, -0.05) is 24.3 Å². The molecule has 1 fully saturated rings. The van der Waals surface area contributed by atoms with E-state index in [0.717, 1.165) is 0 Å². The highest BCUT2D eigenvalue weighted by molar-refractivity contribution is 5.96. The number of ether oxygens (including phenoxy) is 2. The lowest BCUT2D eigenvalue weighted by molar-refractivity contribution is -0.0586. The second kappa shape index (κ2) is 9.48. The van der Waals surface area contributed by atoms with E-state index in [0.29, 0.717) is 29.8 Å². The molecule has 32 heavy (non-hydrogen) atoms. The second-order valence-electron chi connectivity index (χ2n) is 8.06. The molecule has 0 radical (unpaired) electrons. The highest BCUT2D eigenvalue weighted by atomic mass is 19.1. The molecule has 0 spiro atoms. The van der Waals surface area contributed by atoms with Gasteiger partial charge in [-0.3, -0.25) is 9.48 Å². The summed E-state index contributed by atoms with van der Waals surface area (Å²) in [5.41, 5.74) is 1.63. The van der Waals surface area contributed by atoms with Gasteiger partial charge >= 0.3 is 0 Å². The monoisotopic (exact) mass is 441 g/mol. The average Bonchev–Trinajstić information content (AvgIpc) is 3.13. The number of nitrogens with zero attached hydrogens (tertiary/aromatic N) is 3. The van der Waals surface area contributed by atoms with Gasteiger partial charge in [-0.15, -0.1) is 5.10 Å². The van der Waals surface area contributed by atoms with Gasteiger partial charge in [0.25, 0.3) is 5.91 Å². The van der Waals surface area contributed by atoms with Gasteiger partial charge < -0.3 is 14.4 Å². The van der Waals surface area contributed by atoms with Gasteiger partial charge in [0.05, 0.1) is 18.8 Å². The summed E-state index contributed by atoms with van der Waals surface area (Å²) in [6, 6.07) is 12.3. The number of morpholine rings is 1. The molecule has 1 saturated heterocycles. The van der Waals surface area contributed by atoms with E-state index in [9.17, 15) is 13.6 Å². The fraction of sp³-hybridized carbons (Fsp3) is 0.333. The van der Waals surface area contributed by atoms with Crippen LogP contribution in [0.3, 0.4) is 0 Å². The maximum absolute atomic E-state index is 13.6. The zero-order valence-corrected chi connectivity index (χ0v) is 18.0. The van der Waals surface area contributed by atoms with Crippen molar-refractivity contribution in [2.45, 2.75) is 39.2 Å². The molecule has 6 nitrogen and oxygen atoms in total. The molecule has 0 aliphatic carbocycles. The quantitative estimate of drug-likeness (QED) is 0.580. The third-order valence-corrected chi connectivity index (χ3v) is 5.16. The summed E-state index contributed by atoms with van der Waals surface area (Å²) in [7, 11) is 0. The Morgan fingerprint density at radius 2 is 1.69 bits per heavy atom. The SMILES string of the molecule is C[C@@H]1CN(C(=O)c2cn(Cc3cccc(F)c3)nc2OCc2cccc(F)c2)C[C@@H](C)O1. The zero-order valence-electron chi connectivity index (χ0n) is 18.0. The first-order chi connectivity index (χ1) is 15.4. The number of hydrogen-bond acceptors (Lipinski definition) is 4. The summed E-state index contributed by atoms with van der Waals surface area (Å²) < 4.78 is 40.2. The molecule has 1 aromatic heterocycles. The third kappa shape index (κ3) is 5.31. The van der Waals surface area contributed by atoms with E-state index < -0.39 is 0 Å². The highest BCUT2D eigenvalue weighted by Gasteiger charge is 2.30. The van der Waals surface area contributed by atoms with E-state index in [4.69, 9.17) is 9.47 Å². The summed E-state index contributed by atoms with van der Waals surface area (Å²) >= 11 is 0. The first-order valence-corrected chi connectivity index (χ1v) is 10.5. The summed E-state index contributed by atoms with van der Waals surface area (Å²) in [6.45, 7) is 5.10. The van der Waals surface area contributed by atoms with Gasteiger partial charge in [0.2, 0.25) is 5.88 Å². The summed E-state index contributed by atoms with van der Waals surface area (Å²) in [4.78, 5) is 15.0. The molecule has 1 amide bonds. The molecule has 1 aliphatic rings. The lowest BCUT2D eigenvalue weighted by atomic mass is 10.2. The molecule has 168 valence electrons. The number of amides is 1. The summed E-state index contributed by atoms with van der Waals surface area (Å²) in [6.07, 6.45) is 1.45. The van der Waals surface area contributed by atoms with Crippen molar-refractivity contribution >= 4 is 5.91 Å². The molecular weight excluding hydrogens is 416 g/mol. The Labute approximate surface area is 185 Å². The molecule has 2 atom stereocenters. The Balaban J connectivity index is 1.59. The minimum absolute atomic E-state index is 0.0605. The van der Waals surface area contributed by atoms with E-state index in [1.165, 1.54) is 24.3 Å². The van der Waals surface area contributed by atoms with Crippen LogP contribution in [-0.4, -0.2) is 45.9 Å². The first kappa shape index (κ1) is 22.0. The summed E-state index contributed by atoms with van der Waals surface area (Å²) in [5, 5.41) is 4.43. The number of benzene rings is 2. The minimum atomic E-state index is -0.365. The molecular formula is C24H25F2N3O3. The molecule has 2 aromatic carbocycles. The molecule has 1 aliphatic heterocycles. The van der Waals surface area contributed by atoms with Crippen molar-refractivity contribution in [2.75, 3.05) is 13.1 Å². The van der Waals surface area contributed by atoms with Crippen LogP contribution in [0, 0.1) is 11.6 Å². The molecule has 2 heterocycles. The van der Waals surface area contributed by atoms with Gasteiger partial charge in [-0.2, -0.15) is 0 Å². The summed E-state index contributed by atoms with van der Waals surface area (Å²) in [5.74, 6) is -0.769. The van der Waals surface area contributed by atoms with E-state index in [2.05, 4.69) is 5.10 Å². The molecule has 8 heteroatoms. The number of hydrogen-bond donors (Lipinski definition) is 0. The molecule has 0 bridgehead atoms. The number of halogens is 2. The minimum Gasteiger partial charge on any atom is -0.471 e. The Bertz CT molecular complexity index is 1090. The van der Waals surface area contributed by atoms with Crippen molar-refractivity contribution in [3.05, 3.63) is 83.1 Å². The van der Waals surface area contributed by atoms with E-state index in [-0.39, 0.29) is 48.8 Å². The van der Waals surface area contributed by atoms with Gasteiger partial charge in [0, 0.05) is 19.3 Å². The van der Waals surface area contributed by atoms with Crippen molar-refractivity contribution in [2.24, 2.45) is 0 Å². The molecule has 0 N–H and O–H groups in total. The Morgan fingerprint density at radius 1 is 1.06 bits per heavy atom. The Hall–Kier alpha value is -3.26. The van der Waals surface area contributed by atoms with Crippen molar-refractivity contribution in [1.82, 2.24) is 14.7 Å². The van der Waals surface area contributed by atoms with Crippen LogP contribution in [-0.2, 0) is 17.9 Å². The molecule has 0 saturated carbocycles. The second-order valence-corrected chi connectivity index (χ2v) is 8.06. The van der Waals surface area contributed by atoms with Gasteiger partial charge in [0.1, 0.15) is 23.8 Å². The number of carbonyl (C=O) groups is 1. The van der Waals surface area contributed by atoms with E-state index >= 15 is 0 Å². The zero-order chi connectivity index (χ0) is 22.7. The number of carbonyl (C=O) groups excluding carboxylic acids is 1. The predicted molar refractivity (Wildman–Crippen MR) is 114 cm³/mol. The van der Waals surface area contributed by atoms with E-state index in [1.54, 1.807) is 40.0 Å². The van der Waals surface area contributed by atoms with Crippen LogP contribution in [0.4, 0.5) is 8.78 Å². The smallest absolute Gasteiger partial charge is 0.261 e. The van der Waals surface area contributed by atoms with Crippen LogP contribution in [0.15, 0.2) is 54.7 Å². The molecule has 3 aromatic rings. The van der Waals surface area contributed by atoms with Crippen LogP contribution in [0.1, 0.15) is 35.3 Å². The average molecular weight is 441 g/mol. The molecule has 4 rings (SSSR count). The number of rotatable bonds is 6. The van der Waals surface area contributed by atoms with Crippen LogP contribution < -0.4 is 4.74 Å². The third-order valence-electron chi connectivity index (χ3n) is 5.16. The van der Waals surface area contributed by atoms with Crippen molar-refractivity contribution in [3.8, 4) is 5.88 Å². The normalized spacial score (nSPS) is 18.6. The van der Waals surface area contributed by atoms with Crippen LogP contribution >= 0.6 is 0 Å². The maximum Gasteiger partial charge on any atom is 0.261 e. The van der Waals surface area contributed by atoms with Crippen LogP contribution in [0.2, 0.25) is 0 Å². The topological polar surface area (TPSA) is 56.6 Å². The lowest BCUT2D eigenvalue weighted by Crippen LogP contribution is -2.48. The van der Waals surface area contributed by atoms with Crippen molar-refractivity contribution < 1.29 is 23.0 Å². The lowest BCUT2D eigenvalue weighted by Gasteiger charge is -2.35. The fourth-order valence-electron chi connectivity index (χ4n) is 3.85. The first-order valence-electron chi connectivity index (χ1n) is 10.5. The fourth-order valence-corrected chi connectivity index (χ4v) is 3.85. The van der Waals surface area contributed by atoms with Crippen molar-refractivity contribution in [1.29, 1.82) is 0 Å². The largest absolute Gasteiger partial charge is 0.471 e. The van der Waals surface area contributed by atoms with Crippen molar-refractivity contribution in [3.63, 3.8) is 0 Å². The standard InChI is InChI=1S/C24H25F2N3O3/c1-16-11-28(12-17(2)32-16)24(30)22-14-29(13-18-5-3-7-20(25)9-18)27-23(22)31-15-19-6-4-8-21(26)10-19/h3-10,14,16-17H,11-13,15H2,1-2H3/t16-,17-/m1/s1. The van der Waals surface area contributed by atoms with Gasteiger partial charge in [0.15, 0.2) is 0 Å². The maximum atomic E-state index is 13.6. The Kier molecular flexibility index (Phi) is 6.50. The van der Waals surface area contributed by atoms with Crippen LogP contribution in [0.5, 0.6) is 5.88 Å². The highest BCUT2D eigenvalue weighted by Crippen LogP contribution is 2.23. The van der Waals surface area contributed by atoms with Gasteiger partial charge in [-0.05, 0) is 49.2 Å². The number of aromatic nitrogens is 2. The Morgan fingerprint density at radius 3 is 2.34 bits per heavy atom. The predicted octanol–water partition coefficient (Wildman–Crippen LogP) is 4.04. The molecule has 0 unspecified atom stereocenters.